The van der Waals surface area contributed by atoms with Gasteiger partial charge in [-0.25, -0.2) is 4.79 Å². The van der Waals surface area contributed by atoms with E-state index >= 15 is 0 Å². The molecule has 0 fully saturated rings. The molecule has 0 rings (SSSR count). The number of hydrogen-bond acceptors (Lipinski definition) is 1. The fourth-order valence-electron chi connectivity index (χ4n) is 1.71. The maximum absolute atomic E-state index is 9.51. The second kappa shape index (κ2) is 18.7. The van der Waals surface area contributed by atoms with Crippen LogP contribution in [0, 0.1) is 0 Å². The molecule has 19 heavy (non-hydrogen) atoms. The Bertz CT molecular complexity index is 201. The smallest absolute Gasteiger partial charge is 0.328 e. The van der Waals surface area contributed by atoms with Gasteiger partial charge in [0, 0.05) is 6.08 Å². The predicted molar refractivity (Wildman–Crippen MR) is 95.7 cm³/mol. The molecule has 0 aliphatic heterocycles. The van der Waals surface area contributed by atoms with E-state index in [-0.39, 0.29) is 0 Å². The van der Waals surface area contributed by atoms with E-state index < -0.39 is 25.7 Å². The second-order valence-electron chi connectivity index (χ2n) is 4.69. The molecule has 1 radical (unpaired) electrons. The van der Waals surface area contributed by atoms with Gasteiger partial charge < -0.3 is 5.11 Å². The van der Waals surface area contributed by atoms with Gasteiger partial charge in [0.2, 0.25) is 0 Å². The molecule has 0 saturated heterocycles. The third-order valence-electron chi connectivity index (χ3n) is 2.86. The third kappa shape index (κ3) is 21.2. The van der Waals surface area contributed by atoms with Crippen LogP contribution in [0.3, 0.4) is 0 Å². The van der Waals surface area contributed by atoms with Crippen LogP contribution in [0.2, 0.25) is 13.3 Å². The van der Waals surface area contributed by atoms with Crippen molar-refractivity contribution in [3.8, 4) is 0 Å². The average Bonchev–Trinajstić information content (AvgIpc) is 2.38. The van der Waals surface area contributed by atoms with Gasteiger partial charge in [-0.3, -0.25) is 0 Å². The van der Waals surface area contributed by atoms with Crippen molar-refractivity contribution < 1.29 is 9.90 Å². The molecular formula is C15H30IO2Sn. The number of aliphatic carboxylic acids is 1. The Morgan fingerprint density at radius 3 is 1.53 bits per heavy atom. The van der Waals surface area contributed by atoms with Gasteiger partial charge in [-0.2, -0.15) is 0 Å². The Morgan fingerprint density at radius 1 is 1.00 bits per heavy atom. The molecule has 0 saturated carbocycles. The molecule has 0 aliphatic carbocycles. The van der Waals surface area contributed by atoms with Crippen molar-refractivity contribution in [2.45, 2.75) is 72.6 Å². The van der Waals surface area contributed by atoms with Gasteiger partial charge in [0.1, 0.15) is 0 Å². The van der Waals surface area contributed by atoms with Crippen LogP contribution in [0.5, 0.6) is 0 Å². The maximum atomic E-state index is 9.51. The number of carbonyl (C=O) groups is 1. The first kappa shape index (κ1) is 22.0. The van der Waals surface area contributed by atoms with Crippen LogP contribution in [-0.2, 0) is 4.79 Å². The Kier molecular flexibility index (Phi) is 21.7. The number of unbranched alkanes of at least 4 members (excludes halogenated alkanes) is 3. The summed E-state index contributed by atoms with van der Waals surface area (Å²) in [5, 5.41) is 7.82. The minimum atomic E-state index is -0.899. The van der Waals surface area contributed by atoms with Crippen LogP contribution < -0.4 is 0 Å². The first-order valence-electron chi connectivity index (χ1n) is 7.45. The first-order chi connectivity index (χ1) is 9.12. The summed E-state index contributed by atoms with van der Waals surface area (Å²) in [6, 6.07) is 0. The molecule has 1 N–H and O–H groups in total. The third-order valence-corrected chi connectivity index (χ3v) is 12.3. The molecule has 0 aliphatic rings. The maximum Gasteiger partial charge on any atom is 0.328 e. The zero-order valence-electron chi connectivity index (χ0n) is 12.8. The summed E-state index contributed by atoms with van der Waals surface area (Å²) >= 11 is 1.00. The van der Waals surface area contributed by atoms with Gasteiger partial charge >= 0.3 is 98.3 Å². The van der Waals surface area contributed by atoms with Crippen LogP contribution in [0.1, 0.15) is 59.3 Å². The first-order valence-corrected chi connectivity index (χ1v) is 14.8. The monoisotopic (exact) mass is 489 g/mol. The fourth-order valence-corrected chi connectivity index (χ4v) is 11.5. The zero-order chi connectivity index (χ0) is 14.9. The summed E-state index contributed by atoms with van der Waals surface area (Å²) in [4.78, 5) is 9.51. The van der Waals surface area contributed by atoms with E-state index in [1.165, 1.54) is 42.6 Å². The van der Waals surface area contributed by atoms with E-state index in [0.29, 0.717) is 0 Å². The zero-order valence-corrected chi connectivity index (χ0v) is 17.8. The van der Waals surface area contributed by atoms with Crippen molar-refractivity contribution in [2.24, 2.45) is 0 Å². The summed E-state index contributed by atoms with van der Waals surface area (Å²) in [6.07, 6.45) is 9.92. The van der Waals surface area contributed by atoms with Gasteiger partial charge in [-0.15, -0.1) is 0 Å². The normalized spacial score (nSPS) is 10.6. The van der Waals surface area contributed by atoms with E-state index in [0.717, 1.165) is 6.08 Å². The van der Waals surface area contributed by atoms with E-state index in [9.17, 15) is 4.79 Å². The molecule has 0 unspecified atom stereocenters. The topological polar surface area (TPSA) is 37.3 Å². The molecule has 2 nitrogen and oxygen atoms in total. The number of carboxylic acids is 1. The van der Waals surface area contributed by atoms with Crippen LogP contribution in [-0.4, -0.2) is 30.8 Å². The van der Waals surface area contributed by atoms with Crippen LogP contribution in [0.4, 0.5) is 0 Å². The minimum Gasteiger partial charge on any atom is -0.478 e. The summed E-state index contributed by atoms with van der Waals surface area (Å²) in [5.41, 5.74) is 0. The molecule has 0 atom stereocenters. The van der Waals surface area contributed by atoms with Gasteiger partial charge in [0.25, 0.3) is 0 Å². The quantitative estimate of drug-likeness (QED) is 0.236. The number of hydrogen-bond donors (Lipinski definition) is 1. The molecule has 0 aromatic heterocycles. The Hall–Kier alpha value is 0.739. The largest absolute Gasteiger partial charge is 0.478 e. The molecule has 113 valence electrons. The van der Waals surface area contributed by atoms with Gasteiger partial charge in [-0.1, -0.05) is 22.6 Å². The van der Waals surface area contributed by atoms with Crippen molar-refractivity contribution in [1.82, 2.24) is 0 Å². The molecule has 0 bridgehead atoms. The van der Waals surface area contributed by atoms with Crippen LogP contribution in [0.15, 0.2) is 10.2 Å². The Morgan fingerprint density at radius 2 is 1.37 bits per heavy atom. The predicted octanol–water partition coefficient (Wildman–Crippen LogP) is 5.90. The molecule has 4 heteroatoms. The molecule has 0 heterocycles. The summed E-state index contributed by atoms with van der Waals surface area (Å²) in [7, 11) is 0. The van der Waals surface area contributed by atoms with Gasteiger partial charge in [-0.05, 0) is 4.08 Å². The number of carboxylic acid groups (broad SMARTS) is 1. The molecule has 0 spiro atoms. The summed E-state index contributed by atoms with van der Waals surface area (Å²) in [6.45, 7) is 7.00. The van der Waals surface area contributed by atoms with Crippen molar-refractivity contribution >= 4 is 48.3 Å². The van der Waals surface area contributed by atoms with Crippen molar-refractivity contribution in [2.75, 3.05) is 0 Å². The summed E-state index contributed by atoms with van der Waals surface area (Å²) < 4.78 is 6.48. The minimum absolute atomic E-state index is 0.839. The van der Waals surface area contributed by atoms with Crippen molar-refractivity contribution in [3.63, 3.8) is 0 Å². The van der Waals surface area contributed by atoms with E-state index in [2.05, 4.69) is 20.8 Å². The van der Waals surface area contributed by atoms with Gasteiger partial charge in [0.05, 0.1) is 0 Å². The van der Waals surface area contributed by atoms with Crippen molar-refractivity contribution in [3.05, 3.63) is 10.2 Å². The van der Waals surface area contributed by atoms with E-state index in [1.54, 1.807) is 13.3 Å². The fraction of sp³-hybridized carbons (Fsp3) is 0.800. The molecular weight excluding hydrogens is 458 g/mol. The molecule has 0 amide bonds. The van der Waals surface area contributed by atoms with Gasteiger partial charge in [0.15, 0.2) is 0 Å². The average molecular weight is 488 g/mol. The van der Waals surface area contributed by atoms with Crippen molar-refractivity contribution in [1.29, 1.82) is 0 Å². The molecule has 0 aromatic rings. The van der Waals surface area contributed by atoms with E-state index in [4.69, 9.17) is 5.11 Å². The Labute approximate surface area is 140 Å². The van der Waals surface area contributed by atoms with Crippen LogP contribution >= 0.6 is 22.6 Å². The molecule has 0 aromatic carbocycles. The van der Waals surface area contributed by atoms with Crippen LogP contribution in [0.25, 0.3) is 0 Å². The SMILES string of the molecule is CCC[CH2][Sn]([CH2]CCC)[CH2]CCC.O=C(O)/C=C\I. The second-order valence-corrected chi connectivity index (χ2v) is 14.0. The van der Waals surface area contributed by atoms with E-state index in [1.807, 2.05) is 22.6 Å². The number of rotatable bonds is 10. The summed E-state index contributed by atoms with van der Waals surface area (Å²) in [5.74, 6) is -0.899. The standard InChI is InChI=1S/3C4H9.C3H3IO2.Sn/c3*1-3-4-2;4-2-1-3(5)6;/h3*1,3-4H2,2H3;1-2H,(H,5,6);/b;;;2-1-;. The Balaban J connectivity index is 0. The number of halogens is 1.